The molecule has 11 heteroatoms. The summed E-state index contributed by atoms with van der Waals surface area (Å²) in [6.07, 6.45) is -0.259. The van der Waals surface area contributed by atoms with Gasteiger partial charge in [0.15, 0.2) is 6.61 Å². The third-order valence-corrected chi connectivity index (χ3v) is 7.61. The van der Waals surface area contributed by atoms with E-state index in [1.54, 1.807) is 20.8 Å². The molecule has 0 aliphatic rings. The van der Waals surface area contributed by atoms with Crippen LogP contribution in [0.2, 0.25) is 0 Å². The molecule has 2 aromatic carbocycles. The van der Waals surface area contributed by atoms with Gasteiger partial charge in [-0.15, -0.1) is 0 Å². The first-order valence-electron chi connectivity index (χ1n) is 10.5. The first-order valence-corrected chi connectivity index (χ1v) is 12.0. The van der Waals surface area contributed by atoms with E-state index in [1.807, 2.05) is 20.8 Å². The van der Waals surface area contributed by atoms with E-state index in [9.17, 15) is 28.1 Å². The van der Waals surface area contributed by atoms with Crippen LogP contribution in [0.25, 0.3) is 0 Å². The Morgan fingerprint density at radius 2 is 1.53 bits per heavy atom. The molecule has 2 aromatic rings. The van der Waals surface area contributed by atoms with Gasteiger partial charge in [-0.25, -0.2) is 13.1 Å². The SMILES string of the molecule is Cc1cc([N+](=O)[O-])ccc1NC(=O)COC(=O)CCNS(=O)(=O)c1c(C)c(C)c(C)c(C)c1C. The van der Waals surface area contributed by atoms with Crippen molar-refractivity contribution in [3.05, 3.63) is 61.7 Å². The lowest BCUT2D eigenvalue weighted by Crippen LogP contribution is -2.29. The Balaban J connectivity index is 1.91. The van der Waals surface area contributed by atoms with E-state index in [2.05, 4.69) is 10.0 Å². The van der Waals surface area contributed by atoms with Crippen LogP contribution in [0.4, 0.5) is 11.4 Å². The van der Waals surface area contributed by atoms with Gasteiger partial charge in [-0.1, -0.05) is 0 Å². The number of nitro benzene ring substituents is 1. The summed E-state index contributed by atoms with van der Waals surface area (Å²) in [6.45, 7) is 10.0. The monoisotopic (exact) mass is 491 g/mol. The first kappa shape index (κ1) is 26.9. The first-order chi connectivity index (χ1) is 15.8. The lowest BCUT2D eigenvalue weighted by Gasteiger charge is -2.19. The molecule has 0 aliphatic carbocycles. The van der Waals surface area contributed by atoms with Crippen molar-refractivity contribution >= 4 is 33.3 Å². The van der Waals surface area contributed by atoms with Gasteiger partial charge >= 0.3 is 5.97 Å². The fraction of sp³-hybridized carbons (Fsp3) is 0.391. The molecule has 0 spiro atoms. The quantitative estimate of drug-likeness (QED) is 0.311. The highest BCUT2D eigenvalue weighted by molar-refractivity contribution is 7.89. The Labute approximate surface area is 198 Å². The molecular formula is C23H29N3O7S. The Morgan fingerprint density at radius 3 is 2.06 bits per heavy atom. The molecule has 34 heavy (non-hydrogen) atoms. The van der Waals surface area contributed by atoms with Crippen LogP contribution in [0.5, 0.6) is 0 Å². The summed E-state index contributed by atoms with van der Waals surface area (Å²) < 4.78 is 33.1. The van der Waals surface area contributed by atoms with Crippen molar-refractivity contribution in [1.82, 2.24) is 4.72 Å². The molecule has 0 saturated carbocycles. The zero-order valence-corrected chi connectivity index (χ0v) is 20.9. The fourth-order valence-electron chi connectivity index (χ4n) is 3.53. The molecule has 2 N–H and O–H groups in total. The normalized spacial score (nSPS) is 11.2. The number of nitrogens with one attached hydrogen (secondary N) is 2. The van der Waals surface area contributed by atoms with Crippen LogP contribution in [0.1, 0.15) is 39.8 Å². The van der Waals surface area contributed by atoms with Gasteiger partial charge in [0.1, 0.15) is 0 Å². The molecule has 0 bridgehead atoms. The third-order valence-electron chi connectivity index (χ3n) is 5.88. The highest BCUT2D eigenvalue weighted by atomic mass is 32.2. The van der Waals surface area contributed by atoms with E-state index in [0.29, 0.717) is 22.4 Å². The number of carbonyl (C=O) groups excluding carboxylic acids is 2. The summed E-state index contributed by atoms with van der Waals surface area (Å²) in [5.41, 5.74) is 4.90. The lowest BCUT2D eigenvalue weighted by atomic mass is 9.95. The number of sulfonamides is 1. The van der Waals surface area contributed by atoms with Crippen molar-refractivity contribution in [3.8, 4) is 0 Å². The van der Waals surface area contributed by atoms with Crippen molar-refractivity contribution in [2.24, 2.45) is 0 Å². The highest BCUT2D eigenvalue weighted by Crippen LogP contribution is 2.29. The summed E-state index contributed by atoms with van der Waals surface area (Å²) in [4.78, 5) is 34.5. The molecule has 0 saturated heterocycles. The van der Waals surface area contributed by atoms with Crippen molar-refractivity contribution in [2.75, 3.05) is 18.5 Å². The van der Waals surface area contributed by atoms with E-state index in [1.165, 1.54) is 18.2 Å². The Kier molecular flexibility index (Phi) is 8.51. The number of aryl methyl sites for hydroxylation is 1. The van der Waals surface area contributed by atoms with Gasteiger partial charge in [0.05, 0.1) is 16.2 Å². The maximum Gasteiger partial charge on any atom is 0.307 e. The number of amides is 1. The molecule has 1 amide bonds. The second-order valence-electron chi connectivity index (χ2n) is 8.07. The Morgan fingerprint density at radius 1 is 0.971 bits per heavy atom. The number of esters is 1. The van der Waals surface area contributed by atoms with Crippen LogP contribution in [0.3, 0.4) is 0 Å². The van der Waals surface area contributed by atoms with Gasteiger partial charge in [0.2, 0.25) is 10.0 Å². The molecule has 10 nitrogen and oxygen atoms in total. The van der Waals surface area contributed by atoms with Crippen LogP contribution in [-0.4, -0.2) is 38.4 Å². The maximum absolute atomic E-state index is 12.9. The molecule has 2 rings (SSSR count). The minimum Gasteiger partial charge on any atom is -0.456 e. The summed E-state index contributed by atoms with van der Waals surface area (Å²) in [7, 11) is -3.85. The van der Waals surface area contributed by atoms with Gasteiger partial charge in [-0.3, -0.25) is 19.7 Å². The molecule has 0 fully saturated rings. The number of ether oxygens (including phenoxy) is 1. The van der Waals surface area contributed by atoms with Gasteiger partial charge in [-0.05, 0) is 81.0 Å². The van der Waals surface area contributed by atoms with E-state index in [-0.39, 0.29) is 23.5 Å². The number of benzene rings is 2. The average molecular weight is 492 g/mol. The lowest BCUT2D eigenvalue weighted by molar-refractivity contribution is -0.384. The van der Waals surface area contributed by atoms with Gasteiger partial charge < -0.3 is 10.1 Å². The topological polar surface area (TPSA) is 145 Å². The van der Waals surface area contributed by atoms with Crippen LogP contribution < -0.4 is 10.0 Å². The number of rotatable bonds is 9. The molecule has 0 radical (unpaired) electrons. The summed E-state index contributed by atoms with van der Waals surface area (Å²) >= 11 is 0. The molecule has 0 atom stereocenters. The summed E-state index contributed by atoms with van der Waals surface area (Å²) in [5.74, 6) is -1.37. The predicted octanol–water partition coefficient (Wildman–Crippen LogP) is 3.30. The van der Waals surface area contributed by atoms with Crippen molar-refractivity contribution in [1.29, 1.82) is 0 Å². The molecule has 0 aromatic heterocycles. The van der Waals surface area contributed by atoms with Crippen LogP contribution in [0, 0.1) is 51.7 Å². The van der Waals surface area contributed by atoms with E-state index in [0.717, 1.165) is 16.7 Å². The number of carbonyl (C=O) groups is 2. The largest absolute Gasteiger partial charge is 0.456 e. The minimum absolute atomic E-state index is 0.106. The smallest absolute Gasteiger partial charge is 0.307 e. The molecule has 0 unspecified atom stereocenters. The fourth-order valence-corrected chi connectivity index (χ4v) is 5.16. The maximum atomic E-state index is 12.9. The van der Waals surface area contributed by atoms with E-state index in [4.69, 9.17) is 4.74 Å². The molecule has 184 valence electrons. The van der Waals surface area contributed by atoms with Gasteiger partial charge in [-0.2, -0.15) is 0 Å². The van der Waals surface area contributed by atoms with Crippen LogP contribution in [0.15, 0.2) is 23.1 Å². The zero-order valence-electron chi connectivity index (χ0n) is 20.1. The number of anilines is 1. The minimum atomic E-state index is -3.85. The van der Waals surface area contributed by atoms with Crippen LogP contribution >= 0.6 is 0 Å². The van der Waals surface area contributed by atoms with E-state index < -0.39 is 33.4 Å². The zero-order chi connectivity index (χ0) is 25.8. The molecule has 0 heterocycles. The molecular weight excluding hydrogens is 462 g/mol. The highest BCUT2D eigenvalue weighted by Gasteiger charge is 2.23. The van der Waals surface area contributed by atoms with Gasteiger partial charge in [0.25, 0.3) is 11.6 Å². The second kappa shape index (κ2) is 10.7. The standard InChI is InChI=1S/C23H29N3O7S/c1-13-11-19(26(29)30)7-8-20(13)25-21(27)12-33-22(28)9-10-24-34(31,32)23-17(5)15(3)14(2)16(4)18(23)6/h7-8,11,24H,9-10,12H2,1-6H3,(H,25,27). The van der Waals surface area contributed by atoms with E-state index >= 15 is 0 Å². The van der Waals surface area contributed by atoms with Crippen molar-refractivity contribution in [2.45, 2.75) is 52.9 Å². The number of non-ortho nitro benzene ring substituents is 1. The number of nitrogens with zero attached hydrogens (tertiary/aromatic N) is 1. The van der Waals surface area contributed by atoms with Crippen LogP contribution in [-0.2, 0) is 24.3 Å². The number of nitro groups is 1. The Bertz CT molecular complexity index is 1220. The second-order valence-corrected chi connectivity index (χ2v) is 9.77. The molecule has 0 aliphatic heterocycles. The van der Waals surface area contributed by atoms with Crippen molar-refractivity contribution in [3.63, 3.8) is 0 Å². The summed E-state index contributed by atoms with van der Waals surface area (Å²) in [5, 5.41) is 13.3. The Hall–Kier alpha value is -3.31. The predicted molar refractivity (Wildman–Crippen MR) is 127 cm³/mol. The summed E-state index contributed by atoms with van der Waals surface area (Å²) in [6, 6.07) is 3.95. The van der Waals surface area contributed by atoms with Crippen molar-refractivity contribution < 1.29 is 27.7 Å². The third kappa shape index (κ3) is 6.17. The number of hydrogen-bond acceptors (Lipinski definition) is 7. The number of hydrogen-bond donors (Lipinski definition) is 2. The average Bonchev–Trinajstić information content (AvgIpc) is 2.76. The van der Waals surface area contributed by atoms with Gasteiger partial charge in [0, 0.05) is 24.4 Å².